The number of halogens is 3. The minimum Gasteiger partial charge on any atom is -0.368 e. The van der Waals surface area contributed by atoms with Crippen molar-refractivity contribution in [3.05, 3.63) is 48.2 Å². The van der Waals surface area contributed by atoms with Crippen LogP contribution in [-0.2, 0) is 6.42 Å². The van der Waals surface area contributed by atoms with Gasteiger partial charge in [-0.15, -0.1) is 12.4 Å². The smallest absolute Gasteiger partial charge is 0.333 e. The van der Waals surface area contributed by atoms with Crippen molar-refractivity contribution in [3.8, 4) is 0 Å². The van der Waals surface area contributed by atoms with Crippen LogP contribution in [0.1, 0.15) is 12.1 Å². The Kier molecular flexibility index (Phi) is 5.58. The summed E-state index contributed by atoms with van der Waals surface area (Å²) in [6.07, 6.45) is 2.10. The molecular weight excluding hydrogens is 260 g/mol. The minimum absolute atomic E-state index is 0. The van der Waals surface area contributed by atoms with Crippen LogP contribution >= 0.6 is 12.4 Å². The van der Waals surface area contributed by atoms with Crippen molar-refractivity contribution in [2.24, 2.45) is 0 Å². The molecule has 3 nitrogen and oxygen atoms in total. The summed E-state index contributed by atoms with van der Waals surface area (Å²) in [5.41, 5.74) is 1.20. The van der Waals surface area contributed by atoms with Crippen LogP contribution in [0.2, 0.25) is 0 Å². The Labute approximate surface area is 110 Å². The molecule has 1 heterocycles. The van der Waals surface area contributed by atoms with Crippen molar-refractivity contribution in [3.63, 3.8) is 0 Å². The molecule has 0 spiro atoms. The summed E-state index contributed by atoms with van der Waals surface area (Å²) in [6, 6.07) is 11.5. The number of nitrogens with one attached hydrogen (secondary N) is 1. The highest BCUT2D eigenvalue weighted by Gasteiger charge is 2.06. The van der Waals surface area contributed by atoms with E-state index in [1.165, 1.54) is 17.8 Å². The predicted molar refractivity (Wildman–Crippen MR) is 69.4 cm³/mol. The molecule has 0 radical (unpaired) electrons. The van der Waals surface area contributed by atoms with Crippen molar-refractivity contribution in [1.82, 2.24) is 9.78 Å². The van der Waals surface area contributed by atoms with E-state index < -0.39 is 6.55 Å². The van der Waals surface area contributed by atoms with Crippen molar-refractivity contribution < 1.29 is 8.78 Å². The molecule has 0 bridgehead atoms. The molecule has 1 N–H and O–H groups in total. The molecule has 0 aliphatic rings. The van der Waals surface area contributed by atoms with Crippen LogP contribution in [0.5, 0.6) is 0 Å². The van der Waals surface area contributed by atoms with Crippen LogP contribution in [0.15, 0.2) is 42.6 Å². The summed E-state index contributed by atoms with van der Waals surface area (Å²) in [7, 11) is 0. The zero-order chi connectivity index (χ0) is 12.1. The van der Waals surface area contributed by atoms with Crippen LogP contribution in [0.4, 0.5) is 14.6 Å². The maximum atomic E-state index is 12.2. The summed E-state index contributed by atoms with van der Waals surface area (Å²) in [5, 5.41) is 6.70. The van der Waals surface area contributed by atoms with Crippen LogP contribution in [0.3, 0.4) is 0 Å². The largest absolute Gasteiger partial charge is 0.368 e. The lowest BCUT2D eigenvalue weighted by Crippen LogP contribution is -2.06. The first-order valence-electron chi connectivity index (χ1n) is 5.37. The highest BCUT2D eigenvalue weighted by atomic mass is 35.5. The third-order valence-corrected chi connectivity index (χ3v) is 2.37. The van der Waals surface area contributed by atoms with Gasteiger partial charge in [0.15, 0.2) is 0 Å². The van der Waals surface area contributed by atoms with Crippen molar-refractivity contribution >= 4 is 18.2 Å². The first kappa shape index (κ1) is 14.4. The van der Waals surface area contributed by atoms with Gasteiger partial charge in [-0.05, 0) is 12.0 Å². The fourth-order valence-electron chi connectivity index (χ4n) is 1.52. The molecule has 0 saturated heterocycles. The Morgan fingerprint density at radius 1 is 1.17 bits per heavy atom. The molecule has 1 aromatic carbocycles. The first-order chi connectivity index (χ1) is 8.25. The molecule has 2 rings (SSSR count). The average molecular weight is 274 g/mol. The molecule has 2 aromatic rings. The monoisotopic (exact) mass is 273 g/mol. The van der Waals surface area contributed by atoms with E-state index in [0.29, 0.717) is 17.0 Å². The topological polar surface area (TPSA) is 29.9 Å². The highest BCUT2D eigenvalue weighted by molar-refractivity contribution is 5.85. The van der Waals surface area contributed by atoms with Crippen LogP contribution in [0.25, 0.3) is 0 Å². The Hall–Kier alpha value is -1.62. The minimum atomic E-state index is -2.58. The van der Waals surface area contributed by atoms with E-state index in [4.69, 9.17) is 0 Å². The Bertz CT molecular complexity index is 459. The van der Waals surface area contributed by atoms with E-state index in [0.717, 1.165) is 6.42 Å². The number of aromatic nitrogens is 2. The van der Waals surface area contributed by atoms with E-state index in [-0.39, 0.29) is 12.4 Å². The van der Waals surface area contributed by atoms with Gasteiger partial charge in [-0.2, -0.15) is 13.9 Å². The van der Waals surface area contributed by atoms with E-state index in [1.807, 2.05) is 30.3 Å². The van der Waals surface area contributed by atoms with Gasteiger partial charge < -0.3 is 5.32 Å². The lowest BCUT2D eigenvalue weighted by Gasteiger charge is -2.03. The van der Waals surface area contributed by atoms with Gasteiger partial charge in [-0.25, -0.2) is 4.68 Å². The Morgan fingerprint density at radius 2 is 1.89 bits per heavy atom. The van der Waals surface area contributed by atoms with Crippen molar-refractivity contribution in [2.75, 3.05) is 11.9 Å². The third kappa shape index (κ3) is 4.00. The second-order valence-corrected chi connectivity index (χ2v) is 3.62. The van der Waals surface area contributed by atoms with Gasteiger partial charge in [-0.1, -0.05) is 30.3 Å². The number of hydrogen-bond acceptors (Lipinski definition) is 2. The third-order valence-electron chi connectivity index (χ3n) is 2.37. The van der Waals surface area contributed by atoms with Crippen LogP contribution < -0.4 is 5.32 Å². The van der Waals surface area contributed by atoms with Gasteiger partial charge in [0.1, 0.15) is 5.82 Å². The first-order valence-corrected chi connectivity index (χ1v) is 5.37. The molecule has 18 heavy (non-hydrogen) atoms. The Balaban J connectivity index is 0.00000162. The van der Waals surface area contributed by atoms with Crippen molar-refractivity contribution in [2.45, 2.75) is 13.0 Å². The maximum Gasteiger partial charge on any atom is 0.333 e. The van der Waals surface area contributed by atoms with Gasteiger partial charge in [0, 0.05) is 18.8 Å². The van der Waals surface area contributed by atoms with E-state index in [2.05, 4.69) is 10.4 Å². The van der Waals surface area contributed by atoms with E-state index >= 15 is 0 Å². The molecule has 6 heteroatoms. The molecule has 0 atom stereocenters. The molecule has 98 valence electrons. The molecular formula is C12H14ClF2N3. The number of alkyl halides is 2. The maximum absolute atomic E-state index is 12.2. The second-order valence-electron chi connectivity index (χ2n) is 3.62. The summed E-state index contributed by atoms with van der Waals surface area (Å²) in [4.78, 5) is 0. The highest BCUT2D eigenvalue weighted by Crippen LogP contribution is 2.11. The van der Waals surface area contributed by atoms with Gasteiger partial charge >= 0.3 is 6.55 Å². The van der Waals surface area contributed by atoms with Gasteiger partial charge in [0.2, 0.25) is 0 Å². The van der Waals surface area contributed by atoms with Crippen LogP contribution in [0, 0.1) is 0 Å². The predicted octanol–water partition coefficient (Wildman–Crippen LogP) is 3.35. The molecule has 0 saturated carbocycles. The summed E-state index contributed by atoms with van der Waals surface area (Å²) < 4.78 is 25.1. The number of rotatable bonds is 5. The second kappa shape index (κ2) is 6.96. The Morgan fingerprint density at radius 3 is 2.50 bits per heavy atom. The van der Waals surface area contributed by atoms with Gasteiger partial charge in [-0.3, -0.25) is 0 Å². The zero-order valence-corrected chi connectivity index (χ0v) is 10.4. The fourth-order valence-corrected chi connectivity index (χ4v) is 1.52. The normalized spacial score (nSPS) is 10.2. The lowest BCUT2D eigenvalue weighted by atomic mass is 10.1. The quantitative estimate of drug-likeness (QED) is 0.905. The fraction of sp³-hybridized carbons (Fsp3) is 0.250. The summed E-state index contributed by atoms with van der Waals surface area (Å²) in [5.74, 6) is 0.473. The molecule has 1 aromatic heterocycles. The summed E-state index contributed by atoms with van der Waals surface area (Å²) in [6.45, 7) is -1.91. The lowest BCUT2D eigenvalue weighted by molar-refractivity contribution is 0.0569. The molecule has 0 unspecified atom stereocenters. The standard InChI is InChI=1S/C12H13F2N3.ClH/c13-12(14)17-9-7-11(16-17)15-8-6-10-4-2-1-3-5-10;/h1-5,7,9,12H,6,8H2,(H,15,16);1H. The average Bonchev–Trinajstić information content (AvgIpc) is 2.79. The van der Waals surface area contributed by atoms with E-state index in [1.54, 1.807) is 0 Å². The zero-order valence-electron chi connectivity index (χ0n) is 9.59. The van der Waals surface area contributed by atoms with Crippen molar-refractivity contribution in [1.29, 1.82) is 0 Å². The van der Waals surface area contributed by atoms with Gasteiger partial charge in [0.25, 0.3) is 0 Å². The number of nitrogens with zero attached hydrogens (tertiary/aromatic N) is 2. The molecule has 0 aliphatic heterocycles. The SMILES string of the molecule is Cl.FC(F)n1ccc(NCCc2ccccc2)n1. The van der Waals surface area contributed by atoms with Gasteiger partial charge in [0.05, 0.1) is 0 Å². The van der Waals surface area contributed by atoms with Crippen LogP contribution in [-0.4, -0.2) is 16.3 Å². The number of benzene rings is 1. The van der Waals surface area contributed by atoms with E-state index in [9.17, 15) is 8.78 Å². The number of hydrogen-bond donors (Lipinski definition) is 1. The molecule has 0 fully saturated rings. The summed E-state index contributed by atoms with van der Waals surface area (Å²) >= 11 is 0. The molecule has 0 aliphatic carbocycles. The number of anilines is 1. The molecule has 0 amide bonds.